The molecule has 0 aliphatic heterocycles. The van der Waals surface area contributed by atoms with Gasteiger partial charge in [-0.05, 0) is 58.8 Å². The Balaban J connectivity index is 2.29. The number of sulfonamides is 1. The van der Waals surface area contributed by atoms with Crippen LogP contribution in [0, 0.1) is 12.8 Å². The Bertz CT molecular complexity index is 616. The lowest BCUT2D eigenvalue weighted by molar-refractivity contribution is 0.281. The Morgan fingerprint density at radius 2 is 2.10 bits per heavy atom. The van der Waals surface area contributed by atoms with E-state index in [2.05, 4.69) is 27.6 Å². The minimum absolute atomic E-state index is 0.00346. The second-order valence-electron chi connectivity index (χ2n) is 5.97. The fourth-order valence-electron chi connectivity index (χ4n) is 2.92. The highest BCUT2D eigenvalue weighted by Crippen LogP contribution is 2.29. The molecule has 2 unspecified atom stereocenters. The SMILES string of the molecule is Cc1cc(CO)cc(S(=O)(=O)NC2CCCC(C)C2)c1Br. The molecular formula is C15H22BrNO3S. The van der Waals surface area contributed by atoms with Crippen LogP contribution in [0.1, 0.15) is 43.7 Å². The molecule has 1 aliphatic rings. The second kappa shape index (κ2) is 6.77. The van der Waals surface area contributed by atoms with Gasteiger partial charge >= 0.3 is 0 Å². The monoisotopic (exact) mass is 375 g/mol. The van der Waals surface area contributed by atoms with Gasteiger partial charge in [-0.15, -0.1) is 0 Å². The topological polar surface area (TPSA) is 66.4 Å². The van der Waals surface area contributed by atoms with Gasteiger partial charge in [0.25, 0.3) is 0 Å². The van der Waals surface area contributed by atoms with Crippen molar-refractivity contribution in [2.45, 2.75) is 57.1 Å². The maximum absolute atomic E-state index is 12.6. The van der Waals surface area contributed by atoms with Gasteiger partial charge in [0.05, 0.1) is 11.5 Å². The average Bonchev–Trinajstić information content (AvgIpc) is 2.41. The van der Waals surface area contributed by atoms with E-state index >= 15 is 0 Å². The summed E-state index contributed by atoms with van der Waals surface area (Å²) in [5.74, 6) is 0.556. The molecule has 0 amide bonds. The van der Waals surface area contributed by atoms with Crippen LogP contribution in [0.4, 0.5) is 0 Å². The van der Waals surface area contributed by atoms with Crippen LogP contribution in [0.25, 0.3) is 0 Å². The van der Waals surface area contributed by atoms with Crippen molar-refractivity contribution in [3.05, 3.63) is 27.7 Å². The van der Waals surface area contributed by atoms with Crippen LogP contribution in [0.2, 0.25) is 0 Å². The van der Waals surface area contributed by atoms with Crippen molar-refractivity contribution in [3.8, 4) is 0 Å². The van der Waals surface area contributed by atoms with Gasteiger partial charge in [0, 0.05) is 10.5 Å². The number of halogens is 1. The van der Waals surface area contributed by atoms with Crippen LogP contribution in [-0.4, -0.2) is 19.6 Å². The molecule has 6 heteroatoms. The van der Waals surface area contributed by atoms with E-state index in [1.807, 2.05) is 6.92 Å². The third-order valence-electron chi connectivity index (χ3n) is 4.01. The number of aliphatic hydroxyl groups is 1. The van der Waals surface area contributed by atoms with E-state index in [0.29, 0.717) is 16.0 Å². The van der Waals surface area contributed by atoms with Gasteiger partial charge in [-0.2, -0.15) is 0 Å². The van der Waals surface area contributed by atoms with Crippen molar-refractivity contribution >= 4 is 26.0 Å². The van der Waals surface area contributed by atoms with Crippen LogP contribution in [0.3, 0.4) is 0 Å². The number of hydrogen-bond acceptors (Lipinski definition) is 3. The van der Waals surface area contributed by atoms with E-state index in [9.17, 15) is 13.5 Å². The number of aliphatic hydroxyl groups excluding tert-OH is 1. The highest BCUT2D eigenvalue weighted by Gasteiger charge is 2.26. The minimum Gasteiger partial charge on any atom is -0.392 e. The first-order valence-corrected chi connectivity index (χ1v) is 9.53. The summed E-state index contributed by atoms with van der Waals surface area (Å²) in [4.78, 5) is 0.213. The van der Waals surface area contributed by atoms with Crippen LogP contribution in [0.15, 0.2) is 21.5 Å². The Morgan fingerprint density at radius 3 is 2.71 bits per heavy atom. The van der Waals surface area contributed by atoms with Crippen molar-refractivity contribution in [1.29, 1.82) is 0 Å². The van der Waals surface area contributed by atoms with Gasteiger partial charge in [0.1, 0.15) is 0 Å². The van der Waals surface area contributed by atoms with E-state index in [1.165, 1.54) is 12.5 Å². The smallest absolute Gasteiger partial charge is 0.241 e. The van der Waals surface area contributed by atoms with Crippen molar-refractivity contribution in [1.82, 2.24) is 4.72 Å². The lowest BCUT2D eigenvalue weighted by atomic mass is 9.88. The molecule has 1 saturated carbocycles. The van der Waals surface area contributed by atoms with Crippen molar-refractivity contribution < 1.29 is 13.5 Å². The first-order chi connectivity index (χ1) is 9.83. The van der Waals surface area contributed by atoms with E-state index in [1.54, 1.807) is 6.07 Å². The summed E-state index contributed by atoms with van der Waals surface area (Å²) in [5.41, 5.74) is 1.41. The third kappa shape index (κ3) is 4.06. The van der Waals surface area contributed by atoms with Crippen LogP contribution in [-0.2, 0) is 16.6 Å². The molecule has 1 aromatic rings. The van der Waals surface area contributed by atoms with Gasteiger partial charge in [-0.25, -0.2) is 13.1 Å². The third-order valence-corrected chi connectivity index (χ3v) is 6.87. The Hall–Kier alpha value is -0.430. The van der Waals surface area contributed by atoms with Crippen molar-refractivity contribution in [3.63, 3.8) is 0 Å². The zero-order valence-electron chi connectivity index (χ0n) is 12.4. The number of nitrogens with one attached hydrogen (secondary N) is 1. The molecule has 1 fully saturated rings. The Kier molecular flexibility index (Phi) is 5.46. The second-order valence-corrected chi connectivity index (χ2v) is 8.45. The van der Waals surface area contributed by atoms with Crippen LogP contribution < -0.4 is 4.72 Å². The van der Waals surface area contributed by atoms with Crippen LogP contribution >= 0.6 is 15.9 Å². The number of aryl methyl sites for hydroxylation is 1. The van der Waals surface area contributed by atoms with E-state index in [4.69, 9.17) is 0 Å². The molecule has 118 valence electrons. The van der Waals surface area contributed by atoms with Gasteiger partial charge in [-0.3, -0.25) is 0 Å². The zero-order valence-corrected chi connectivity index (χ0v) is 14.8. The number of rotatable bonds is 4. The summed E-state index contributed by atoms with van der Waals surface area (Å²) >= 11 is 3.36. The van der Waals surface area contributed by atoms with Crippen molar-refractivity contribution in [2.75, 3.05) is 0 Å². The molecular weight excluding hydrogens is 354 g/mol. The molecule has 2 rings (SSSR count). The van der Waals surface area contributed by atoms with Gasteiger partial charge in [0.2, 0.25) is 10.0 Å². The predicted molar refractivity (Wildman–Crippen MR) is 86.5 cm³/mol. The Morgan fingerprint density at radius 1 is 1.38 bits per heavy atom. The van der Waals surface area contributed by atoms with E-state index in [-0.39, 0.29) is 17.5 Å². The molecule has 0 radical (unpaired) electrons. The first kappa shape index (κ1) is 16.9. The lowest BCUT2D eigenvalue weighted by Gasteiger charge is -2.27. The quantitative estimate of drug-likeness (QED) is 0.849. The molecule has 0 heterocycles. The molecule has 0 aromatic heterocycles. The lowest BCUT2D eigenvalue weighted by Crippen LogP contribution is -2.38. The zero-order chi connectivity index (χ0) is 15.6. The molecule has 21 heavy (non-hydrogen) atoms. The Labute approximate surface area is 135 Å². The highest BCUT2D eigenvalue weighted by molar-refractivity contribution is 9.10. The number of benzene rings is 1. The molecule has 4 nitrogen and oxygen atoms in total. The van der Waals surface area contributed by atoms with Gasteiger partial charge in [-0.1, -0.05) is 25.8 Å². The number of hydrogen-bond donors (Lipinski definition) is 2. The van der Waals surface area contributed by atoms with Gasteiger partial charge < -0.3 is 5.11 Å². The summed E-state index contributed by atoms with van der Waals surface area (Å²) in [6.07, 6.45) is 4.00. The van der Waals surface area contributed by atoms with Gasteiger partial charge in [0.15, 0.2) is 0 Å². The minimum atomic E-state index is -3.58. The van der Waals surface area contributed by atoms with Crippen molar-refractivity contribution in [2.24, 2.45) is 5.92 Å². The molecule has 0 bridgehead atoms. The molecule has 1 aromatic carbocycles. The summed E-state index contributed by atoms with van der Waals surface area (Å²) in [5, 5.41) is 9.27. The summed E-state index contributed by atoms with van der Waals surface area (Å²) in [6.45, 7) is 3.81. The standard InChI is InChI=1S/C15H22BrNO3S/c1-10-4-3-5-13(6-10)17-21(19,20)14-8-12(9-18)7-11(2)15(14)16/h7-8,10,13,17-18H,3-6,9H2,1-2H3. The molecule has 2 atom stereocenters. The first-order valence-electron chi connectivity index (χ1n) is 7.25. The largest absolute Gasteiger partial charge is 0.392 e. The summed E-state index contributed by atoms with van der Waals surface area (Å²) < 4.78 is 28.6. The maximum Gasteiger partial charge on any atom is 0.241 e. The highest BCUT2D eigenvalue weighted by atomic mass is 79.9. The normalized spacial score (nSPS) is 23.2. The van der Waals surface area contributed by atoms with E-state index < -0.39 is 10.0 Å². The van der Waals surface area contributed by atoms with E-state index in [0.717, 1.165) is 24.8 Å². The molecule has 1 aliphatic carbocycles. The predicted octanol–water partition coefficient (Wildman–Crippen LogP) is 3.11. The molecule has 0 spiro atoms. The molecule has 0 saturated heterocycles. The van der Waals surface area contributed by atoms with Crippen LogP contribution in [0.5, 0.6) is 0 Å². The fraction of sp³-hybridized carbons (Fsp3) is 0.600. The molecule has 2 N–H and O–H groups in total. The maximum atomic E-state index is 12.6. The summed E-state index contributed by atoms with van der Waals surface area (Å²) in [6, 6.07) is 3.32. The summed E-state index contributed by atoms with van der Waals surface area (Å²) in [7, 11) is -3.58. The average molecular weight is 376 g/mol. The fourth-order valence-corrected chi connectivity index (χ4v) is 5.27.